The Balaban J connectivity index is 0.00000288. The third-order valence-electron chi connectivity index (χ3n) is 4.13. The van der Waals surface area contributed by atoms with Gasteiger partial charge >= 0.3 is 0 Å². The third kappa shape index (κ3) is 4.80. The molecule has 1 aromatic carbocycles. The van der Waals surface area contributed by atoms with Gasteiger partial charge in [0.2, 0.25) is 5.91 Å². The van der Waals surface area contributed by atoms with Crippen LogP contribution in [0, 0.1) is 5.41 Å². The number of anilines is 1. The molecule has 0 aliphatic carbocycles. The number of nitrogens with one attached hydrogen (secondary N) is 2. The highest BCUT2D eigenvalue weighted by Gasteiger charge is 2.38. The van der Waals surface area contributed by atoms with Gasteiger partial charge in [0.15, 0.2) is 0 Å². The van der Waals surface area contributed by atoms with Crippen molar-refractivity contribution >= 4 is 29.9 Å². The van der Waals surface area contributed by atoms with E-state index >= 15 is 0 Å². The van der Waals surface area contributed by atoms with Crippen molar-refractivity contribution in [3.8, 4) is 0 Å². The lowest BCUT2D eigenvalue weighted by Crippen LogP contribution is -2.46. The molecule has 1 aromatic rings. The molecule has 6 nitrogen and oxygen atoms in total. The number of carbonyl (C=O) groups is 2. The van der Waals surface area contributed by atoms with E-state index in [0.717, 1.165) is 0 Å². The maximum absolute atomic E-state index is 12.5. The van der Waals surface area contributed by atoms with Crippen molar-refractivity contribution in [1.29, 1.82) is 0 Å². The van der Waals surface area contributed by atoms with Crippen molar-refractivity contribution in [3.63, 3.8) is 0 Å². The standard InChI is InChI=1S/C17H23N3O3.ClH/c1-2-9-19-15(21)13-3-5-14(6-4-13)20-16(22)17(12-18)7-10-23-11-8-17;/h2-6H,1,7-12,18H2,(H,19,21)(H,20,22);1H. The molecule has 0 saturated carbocycles. The summed E-state index contributed by atoms with van der Waals surface area (Å²) in [5.74, 6) is -0.266. The zero-order valence-corrected chi connectivity index (χ0v) is 14.4. The minimum Gasteiger partial charge on any atom is -0.381 e. The zero-order valence-electron chi connectivity index (χ0n) is 13.5. The highest BCUT2D eigenvalue weighted by molar-refractivity contribution is 5.97. The zero-order chi connectivity index (χ0) is 16.7. The molecule has 1 aliphatic rings. The lowest BCUT2D eigenvalue weighted by molar-refractivity contribution is -0.130. The molecule has 0 radical (unpaired) electrons. The number of benzene rings is 1. The first-order valence-corrected chi connectivity index (χ1v) is 7.70. The molecule has 1 fully saturated rings. The van der Waals surface area contributed by atoms with Crippen LogP contribution in [-0.4, -0.2) is 38.1 Å². The number of nitrogens with two attached hydrogens (primary N) is 1. The van der Waals surface area contributed by atoms with Gasteiger partial charge in [0, 0.05) is 37.6 Å². The van der Waals surface area contributed by atoms with E-state index in [0.29, 0.717) is 50.4 Å². The van der Waals surface area contributed by atoms with Crippen LogP contribution < -0.4 is 16.4 Å². The molecule has 24 heavy (non-hydrogen) atoms. The molecule has 0 unspecified atom stereocenters. The van der Waals surface area contributed by atoms with Crippen LogP contribution in [-0.2, 0) is 9.53 Å². The average molecular weight is 354 g/mol. The number of carbonyl (C=O) groups excluding carboxylic acids is 2. The van der Waals surface area contributed by atoms with Crippen molar-refractivity contribution in [2.45, 2.75) is 12.8 Å². The fourth-order valence-electron chi connectivity index (χ4n) is 2.52. The molecule has 0 spiro atoms. The fraction of sp³-hybridized carbons (Fsp3) is 0.412. The molecule has 1 aliphatic heterocycles. The van der Waals surface area contributed by atoms with Gasteiger partial charge in [-0.05, 0) is 37.1 Å². The maximum Gasteiger partial charge on any atom is 0.251 e. The van der Waals surface area contributed by atoms with Gasteiger partial charge in [-0.15, -0.1) is 19.0 Å². The van der Waals surface area contributed by atoms with Crippen molar-refractivity contribution < 1.29 is 14.3 Å². The maximum atomic E-state index is 12.5. The number of halogens is 1. The Morgan fingerprint density at radius 1 is 1.25 bits per heavy atom. The minimum absolute atomic E-state index is 0. The lowest BCUT2D eigenvalue weighted by atomic mass is 9.79. The van der Waals surface area contributed by atoms with E-state index in [9.17, 15) is 9.59 Å². The summed E-state index contributed by atoms with van der Waals surface area (Å²) in [6.45, 7) is 5.36. The number of rotatable bonds is 6. The van der Waals surface area contributed by atoms with Gasteiger partial charge in [-0.3, -0.25) is 9.59 Å². The van der Waals surface area contributed by atoms with E-state index < -0.39 is 5.41 Å². The molecule has 0 bridgehead atoms. The average Bonchev–Trinajstić information content (AvgIpc) is 2.60. The van der Waals surface area contributed by atoms with Gasteiger partial charge in [0.25, 0.3) is 5.91 Å². The molecule has 0 atom stereocenters. The Morgan fingerprint density at radius 3 is 2.42 bits per heavy atom. The molecule has 132 valence electrons. The van der Waals surface area contributed by atoms with Gasteiger partial charge in [0.1, 0.15) is 0 Å². The summed E-state index contributed by atoms with van der Waals surface area (Å²) in [5, 5.41) is 5.59. The summed E-state index contributed by atoms with van der Waals surface area (Å²) < 4.78 is 5.31. The molecule has 0 aromatic heterocycles. The van der Waals surface area contributed by atoms with Crippen LogP contribution in [0.4, 0.5) is 5.69 Å². The summed E-state index contributed by atoms with van der Waals surface area (Å²) >= 11 is 0. The smallest absolute Gasteiger partial charge is 0.251 e. The van der Waals surface area contributed by atoms with Crippen LogP contribution in [0.5, 0.6) is 0 Å². The number of ether oxygens (including phenoxy) is 1. The second kappa shape index (κ2) is 9.42. The van der Waals surface area contributed by atoms with E-state index in [1.807, 2.05) is 0 Å². The predicted molar refractivity (Wildman–Crippen MR) is 96.4 cm³/mol. The van der Waals surface area contributed by atoms with E-state index in [1.165, 1.54) is 0 Å². The minimum atomic E-state index is -0.571. The second-order valence-corrected chi connectivity index (χ2v) is 5.63. The largest absolute Gasteiger partial charge is 0.381 e. The summed E-state index contributed by atoms with van der Waals surface area (Å²) in [5.41, 5.74) is 6.43. The number of hydrogen-bond acceptors (Lipinski definition) is 4. The molecule has 7 heteroatoms. The highest BCUT2D eigenvalue weighted by Crippen LogP contribution is 2.30. The summed E-state index contributed by atoms with van der Waals surface area (Å²) in [4.78, 5) is 24.3. The fourth-order valence-corrected chi connectivity index (χ4v) is 2.52. The van der Waals surface area contributed by atoms with Gasteiger partial charge in [-0.1, -0.05) is 6.08 Å². The molecule has 1 saturated heterocycles. The van der Waals surface area contributed by atoms with Crippen molar-refractivity contribution in [2.75, 3.05) is 31.6 Å². The summed E-state index contributed by atoms with van der Waals surface area (Å²) in [7, 11) is 0. The van der Waals surface area contributed by atoms with Crippen LogP contribution in [0.25, 0.3) is 0 Å². The van der Waals surface area contributed by atoms with Crippen LogP contribution in [0.2, 0.25) is 0 Å². The Labute approximate surface area is 148 Å². The highest BCUT2D eigenvalue weighted by atomic mass is 35.5. The van der Waals surface area contributed by atoms with Crippen LogP contribution >= 0.6 is 12.4 Å². The van der Waals surface area contributed by atoms with Gasteiger partial charge in [-0.25, -0.2) is 0 Å². The molecular weight excluding hydrogens is 330 g/mol. The van der Waals surface area contributed by atoms with Crippen molar-refractivity contribution in [1.82, 2.24) is 5.32 Å². The normalized spacial score (nSPS) is 15.7. The van der Waals surface area contributed by atoms with Crippen LogP contribution in [0.15, 0.2) is 36.9 Å². The predicted octanol–water partition coefficient (Wildman–Crippen LogP) is 1.72. The third-order valence-corrected chi connectivity index (χ3v) is 4.13. The van der Waals surface area contributed by atoms with Crippen LogP contribution in [0.3, 0.4) is 0 Å². The molecule has 4 N–H and O–H groups in total. The Bertz CT molecular complexity index is 569. The number of amides is 2. The first-order valence-electron chi connectivity index (χ1n) is 7.70. The summed E-state index contributed by atoms with van der Waals surface area (Å²) in [6.07, 6.45) is 2.86. The Morgan fingerprint density at radius 2 is 1.88 bits per heavy atom. The van der Waals surface area contributed by atoms with Gasteiger partial charge in [-0.2, -0.15) is 0 Å². The second-order valence-electron chi connectivity index (χ2n) is 5.63. The molecular formula is C17H24ClN3O3. The van der Waals surface area contributed by atoms with Gasteiger partial charge < -0.3 is 21.1 Å². The Hall–Kier alpha value is -1.89. The monoisotopic (exact) mass is 353 g/mol. The molecule has 1 heterocycles. The first kappa shape index (κ1) is 20.2. The van der Waals surface area contributed by atoms with E-state index in [-0.39, 0.29) is 24.2 Å². The van der Waals surface area contributed by atoms with Crippen LogP contribution in [0.1, 0.15) is 23.2 Å². The first-order chi connectivity index (χ1) is 11.1. The van der Waals surface area contributed by atoms with Crippen molar-refractivity contribution in [2.24, 2.45) is 11.1 Å². The van der Waals surface area contributed by atoms with E-state index in [2.05, 4.69) is 17.2 Å². The van der Waals surface area contributed by atoms with E-state index in [4.69, 9.17) is 10.5 Å². The van der Waals surface area contributed by atoms with Gasteiger partial charge in [0.05, 0.1) is 5.41 Å². The summed E-state index contributed by atoms with van der Waals surface area (Å²) in [6, 6.07) is 6.77. The molecule has 2 amide bonds. The Kier molecular flexibility index (Phi) is 7.91. The lowest BCUT2D eigenvalue weighted by Gasteiger charge is -2.34. The SMILES string of the molecule is C=CCNC(=O)c1ccc(NC(=O)C2(CN)CCOCC2)cc1.Cl. The van der Waals surface area contributed by atoms with E-state index in [1.54, 1.807) is 30.3 Å². The number of hydrogen-bond donors (Lipinski definition) is 3. The van der Waals surface area contributed by atoms with Crippen molar-refractivity contribution in [3.05, 3.63) is 42.5 Å². The quantitative estimate of drug-likeness (QED) is 0.679. The molecule has 2 rings (SSSR count). The topological polar surface area (TPSA) is 93.5 Å².